The standard InChI is InChI=1S/C25H39N3O/c1-18(2)16-28(17-19(3)4)24(26)14-9-15-25(29)27-20(5)22-13-8-11-21-10-6-7-12-23(21)22/h6-8,10-13,18-20,24H,9,14-17,26H2,1-5H3,(H,27,29). The normalized spacial score (nSPS) is 14.0. The van der Waals surface area contributed by atoms with E-state index in [4.69, 9.17) is 5.73 Å². The van der Waals surface area contributed by atoms with E-state index < -0.39 is 0 Å². The number of amides is 1. The van der Waals surface area contributed by atoms with Crippen molar-refractivity contribution in [2.45, 2.75) is 66.1 Å². The molecular weight excluding hydrogens is 358 g/mol. The van der Waals surface area contributed by atoms with Crippen molar-refractivity contribution in [3.05, 3.63) is 48.0 Å². The predicted molar refractivity (Wildman–Crippen MR) is 124 cm³/mol. The molecule has 1 amide bonds. The van der Waals surface area contributed by atoms with E-state index in [0.29, 0.717) is 18.3 Å². The Balaban J connectivity index is 1.85. The lowest BCUT2D eigenvalue weighted by molar-refractivity contribution is -0.121. The Kier molecular flexibility index (Phi) is 9.12. The van der Waals surface area contributed by atoms with Crippen molar-refractivity contribution in [1.29, 1.82) is 0 Å². The van der Waals surface area contributed by atoms with E-state index in [2.05, 4.69) is 75.2 Å². The number of nitrogens with two attached hydrogens (primary N) is 1. The van der Waals surface area contributed by atoms with E-state index in [1.807, 2.05) is 12.1 Å². The molecule has 2 rings (SSSR count). The molecule has 0 fully saturated rings. The number of hydrogen-bond acceptors (Lipinski definition) is 3. The Morgan fingerprint density at radius 3 is 2.24 bits per heavy atom. The fourth-order valence-corrected chi connectivity index (χ4v) is 3.96. The molecule has 4 heteroatoms. The maximum atomic E-state index is 12.5. The number of nitrogens with zero attached hydrogens (tertiary/aromatic N) is 1. The minimum Gasteiger partial charge on any atom is -0.350 e. The van der Waals surface area contributed by atoms with Crippen LogP contribution in [0.1, 0.15) is 65.5 Å². The van der Waals surface area contributed by atoms with Crippen molar-refractivity contribution >= 4 is 16.7 Å². The highest BCUT2D eigenvalue weighted by Crippen LogP contribution is 2.24. The molecule has 0 aliphatic rings. The van der Waals surface area contributed by atoms with Gasteiger partial charge in [-0.05, 0) is 47.9 Å². The van der Waals surface area contributed by atoms with Crippen LogP contribution in [0, 0.1) is 11.8 Å². The minimum atomic E-state index is -0.0133. The van der Waals surface area contributed by atoms with E-state index in [1.165, 1.54) is 10.8 Å². The lowest BCUT2D eigenvalue weighted by atomic mass is 9.99. The molecule has 0 saturated carbocycles. The summed E-state index contributed by atoms with van der Waals surface area (Å²) in [7, 11) is 0. The van der Waals surface area contributed by atoms with E-state index in [-0.39, 0.29) is 18.1 Å². The molecule has 160 valence electrons. The van der Waals surface area contributed by atoms with Crippen molar-refractivity contribution in [3.8, 4) is 0 Å². The lowest BCUT2D eigenvalue weighted by Crippen LogP contribution is -2.45. The van der Waals surface area contributed by atoms with Crippen LogP contribution in [-0.2, 0) is 4.79 Å². The van der Waals surface area contributed by atoms with Gasteiger partial charge in [-0.1, -0.05) is 70.2 Å². The molecule has 2 aromatic carbocycles. The van der Waals surface area contributed by atoms with Gasteiger partial charge in [-0.15, -0.1) is 0 Å². The molecule has 0 spiro atoms. The molecule has 2 atom stereocenters. The van der Waals surface area contributed by atoms with Gasteiger partial charge in [0, 0.05) is 19.5 Å². The van der Waals surface area contributed by atoms with Crippen LogP contribution >= 0.6 is 0 Å². The average Bonchev–Trinajstić information content (AvgIpc) is 2.66. The molecule has 3 N–H and O–H groups in total. The lowest BCUT2D eigenvalue weighted by Gasteiger charge is -2.32. The monoisotopic (exact) mass is 397 g/mol. The van der Waals surface area contributed by atoms with Crippen molar-refractivity contribution in [1.82, 2.24) is 10.2 Å². The van der Waals surface area contributed by atoms with E-state index >= 15 is 0 Å². The minimum absolute atomic E-state index is 0.0133. The molecule has 29 heavy (non-hydrogen) atoms. The molecule has 0 aliphatic carbocycles. The third-order valence-electron chi connectivity index (χ3n) is 5.24. The zero-order chi connectivity index (χ0) is 21.4. The van der Waals surface area contributed by atoms with Crippen LogP contribution in [-0.4, -0.2) is 30.1 Å². The first-order chi connectivity index (χ1) is 13.8. The van der Waals surface area contributed by atoms with Gasteiger partial charge < -0.3 is 11.1 Å². The zero-order valence-electron chi connectivity index (χ0n) is 18.8. The second-order valence-electron chi connectivity index (χ2n) is 9.06. The molecule has 0 aromatic heterocycles. The van der Waals surface area contributed by atoms with E-state index in [9.17, 15) is 4.79 Å². The van der Waals surface area contributed by atoms with E-state index in [1.54, 1.807) is 0 Å². The highest BCUT2D eigenvalue weighted by Gasteiger charge is 2.18. The van der Waals surface area contributed by atoms with Gasteiger partial charge in [-0.3, -0.25) is 9.69 Å². The topological polar surface area (TPSA) is 58.4 Å². The van der Waals surface area contributed by atoms with Crippen LogP contribution in [0.4, 0.5) is 0 Å². The molecule has 2 aromatic rings. The van der Waals surface area contributed by atoms with Crippen LogP contribution in [0.3, 0.4) is 0 Å². The fourth-order valence-electron chi connectivity index (χ4n) is 3.96. The van der Waals surface area contributed by atoms with Gasteiger partial charge in [-0.25, -0.2) is 0 Å². The van der Waals surface area contributed by atoms with Crippen LogP contribution < -0.4 is 11.1 Å². The summed E-state index contributed by atoms with van der Waals surface area (Å²) in [6.07, 6.45) is 2.18. The highest BCUT2D eigenvalue weighted by molar-refractivity contribution is 5.86. The number of carbonyl (C=O) groups excluding carboxylic acids is 1. The number of benzene rings is 2. The molecule has 0 radical (unpaired) electrons. The van der Waals surface area contributed by atoms with Gasteiger partial charge in [0.25, 0.3) is 0 Å². The van der Waals surface area contributed by atoms with Gasteiger partial charge >= 0.3 is 0 Å². The Hall–Kier alpha value is -1.91. The Morgan fingerprint density at radius 1 is 0.966 bits per heavy atom. The summed E-state index contributed by atoms with van der Waals surface area (Å²) in [4.78, 5) is 14.9. The van der Waals surface area contributed by atoms with Gasteiger partial charge in [0.1, 0.15) is 0 Å². The fraction of sp³-hybridized carbons (Fsp3) is 0.560. The SMILES string of the molecule is CC(C)CN(CC(C)C)C(N)CCCC(=O)NC(C)c1cccc2ccccc12. The van der Waals surface area contributed by atoms with Gasteiger partial charge in [0.15, 0.2) is 0 Å². The van der Waals surface area contributed by atoms with Crippen molar-refractivity contribution < 1.29 is 4.79 Å². The Bertz CT molecular complexity index is 756. The molecule has 0 bridgehead atoms. The largest absolute Gasteiger partial charge is 0.350 e. The summed E-state index contributed by atoms with van der Waals surface area (Å²) < 4.78 is 0. The number of fused-ring (bicyclic) bond motifs is 1. The first kappa shape index (κ1) is 23.4. The summed E-state index contributed by atoms with van der Waals surface area (Å²) in [6, 6.07) is 14.5. The Morgan fingerprint density at radius 2 is 1.59 bits per heavy atom. The van der Waals surface area contributed by atoms with Crippen LogP contribution in [0.15, 0.2) is 42.5 Å². The first-order valence-corrected chi connectivity index (χ1v) is 11.0. The molecular formula is C25H39N3O. The zero-order valence-corrected chi connectivity index (χ0v) is 18.8. The highest BCUT2D eigenvalue weighted by atomic mass is 16.1. The summed E-state index contributed by atoms with van der Waals surface area (Å²) in [6.45, 7) is 13.0. The molecule has 4 nitrogen and oxygen atoms in total. The summed E-state index contributed by atoms with van der Waals surface area (Å²) in [5.41, 5.74) is 7.61. The van der Waals surface area contributed by atoms with Gasteiger partial charge in [0.2, 0.25) is 5.91 Å². The quantitative estimate of drug-likeness (QED) is 0.520. The maximum Gasteiger partial charge on any atom is 0.220 e. The first-order valence-electron chi connectivity index (χ1n) is 11.0. The predicted octanol–water partition coefficient (Wildman–Crippen LogP) is 5.09. The van der Waals surface area contributed by atoms with E-state index in [0.717, 1.165) is 31.5 Å². The smallest absolute Gasteiger partial charge is 0.220 e. The maximum absolute atomic E-state index is 12.5. The van der Waals surface area contributed by atoms with Crippen molar-refractivity contribution in [3.63, 3.8) is 0 Å². The van der Waals surface area contributed by atoms with Crippen molar-refractivity contribution in [2.75, 3.05) is 13.1 Å². The average molecular weight is 398 g/mol. The number of carbonyl (C=O) groups is 1. The van der Waals surface area contributed by atoms with Gasteiger partial charge in [-0.2, -0.15) is 0 Å². The second-order valence-corrected chi connectivity index (χ2v) is 9.06. The van der Waals surface area contributed by atoms with Crippen molar-refractivity contribution in [2.24, 2.45) is 17.6 Å². The van der Waals surface area contributed by atoms with Crippen LogP contribution in [0.2, 0.25) is 0 Å². The number of nitrogens with one attached hydrogen (secondary N) is 1. The van der Waals surface area contributed by atoms with Crippen LogP contribution in [0.25, 0.3) is 10.8 Å². The summed E-state index contributed by atoms with van der Waals surface area (Å²) in [5, 5.41) is 5.56. The van der Waals surface area contributed by atoms with Crippen LogP contribution in [0.5, 0.6) is 0 Å². The summed E-state index contributed by atoms with van der Waals surface area (Å²) >= 11 is 0. The number of hydrogen-bond donors (Lipinski definition) is 2. The molecule has 0 saturated heterocycles. The molecule has 0 aliphatic heterocycles. The second kappa shape index (κ2) is 11.3. The Labute approximate surface area is 176 Å². The number of rotatable bonds is 11. The molecule has 0 heterocycles. The third-order valence-corrected chi connectivity index (χ3v) is 5.24. The molecule has 2 unspecified atom stereocenters. The third kappa shape index (κ3) is 7.45. The summed E-state index contributed by atoms with van der Waals surface area (Å²) in [5.74, 6) is 1.27. The van der Waals surface area contributed by atoms with Gasteiger partial charge in [0.05, 0.1) is 12.2 Å².